The van der Waals surface area contributed by atoms with Crippen molar-refractivity contribution in [2.24, 2.45) is 5.92 Å². The second-order valence-corrected chi connectivity index (χ2v) is 5.50. The van der Waals surface area contributed by atoms with Gasteiger partial charge in [-0.15, -0.1) is 0 Å². The lowest BCUT2D eigenvalue weighted by Gasteiger charge is -2.12. The second-order valence-electron chi connectivity index (χ2n) is 5.50. The first-order valence-electron chi connectivity index (χ1n) is 7.41. The summed E-state index contributed by atoms with van der Waals surface area (Å²) in [5, 5.41) is 11.4. The fourth-order valence-corrected chi connectivity index (χ4v) is 1.79. The minimum atomic E-state index is -0.0119. The van der Waals surface area contributed by atoms with E-state index in [1.54, 1.807) is 0 Å². The highest BCUT2D eigenvalue weighted by Crippen LogP contribution is 2.23. The number of aryl methyl sites for hydroxylation is 1. The summed E-state index contributed by atoms with van der Waals surface area (Å²) in [6, 6.07) is 5.65. The molecule has 1 aromatic rings. The van der Waals surface area contributed by atoms with Gasteiger partial charge in [0.25, 0.3) is 0 Å². The molecule has 1 aromatic carbocycles. The van der Waals surface area contributed by atoms with Crippen molar-refractivity contribution in [1.82, 2.24) is 5.32 Å². The monoisotopic (exact) mass is 294 g/mol. The van der Waals surface area contributed by atoms with Gasteiger partial charge < -0.3 is 20.9 Å². The highest BCUT2D eigenvalue weighted by molar-refractivity contribution is 5.76. The topological polar surface area (TPSA) is 84.6 Å². The van der Waals surface area contributed by atoms with Crippen LogP contribution in [0.25, 0.3) is 0 Å². The van der Waals surface area contributed by atoms with Gasteiger partial charge in [0.05, 0.1) is 12.3 Å². The number of aliphatic hydroxyl groups excluding tert-OH is 1. The summed E-state index contributed by atoms with van der Waals surface area (Å²) in [6.07, 6.45) is 1.64. The summed E-state index contributed by atoms with van der Waals surface area (Å²) in [5.74, 6) is 1.13. The number of carbonyl (C=O) groups is 1. The van der Waals surface area contributed by atoms with Crippen molar-refractivity contribution in [2.75, 3.05) is 25.5 Å². The molecule has 0 unspecified atom stereocenters. The van der Waals surface area contributed by atoms with Crippen LogP contribution in [0.2, 0.25) is 0 Å². The van der Waals surface area contributed by atoms with Gasteiger partial charge in [-0.25, -0.2) is 0 Å². The molecule has 0 heterocycles. The van der Waals surface area contributed by atoms with E-state index in [1.165, 1.54) is 0 Å². The zero-order valence-corrected chi connectivity index (χ0v) is 12.9. The minimum absolute atomic E-state index is 0.0119. The number of nitrogen functional groups attached to an aromatic ring is 1. The molecule has 4 N–H and O–H groups in total. The van der Waals surface area contributed by atoms with Crippen LogP contribution in [0, 0.1) is 5.92 Å². The standard InChI is InChI=1S/C16H26N2O3/c1-12(2)11-21-15-6-4-13(10-14(15)17)5-7-16(20)18-8-3-9-19/h4,6,10,12,19H,3,5,7-9,11,17H2,1-2H3,(H,18,20). The third-order valence-corrected chi connectivity index (χ3v) is 2.94. The van der Waals surface area contributed by atoms with E-state index >= 15 is 0 Å². The minimum Gasteiger partial charge on any atom is -0.491 e. The maximum Gasteiger partial charge on any atom is 0.220 e. The van der Waals surface area contributed by atoms with Crippen LogP contribution in [0.1, 0.15) is 32.3 Å². The third-order valence-electron chi connectivity index (χ3n) is 2.94. The molecule has 0 radical (unpaired) electrons. The van der Waals surface area contributed by atoms with Crippen LogP contribution < -0.4 is 15.8 Å². The average molecular weight is 294 g/mol. The van der Waals surface area contributed by atoms with Crippen LogP contribution in [-0.2, 0) is 11.2 Å². The average Bonchev–Trinajstić information content (AvgIpc) is 2.44. The van der Waals surface area contributed by atoms with E-state index in [2.05, 4.69) is 19.2 Å². The molecule has 0 saturated carbocycles. The quantitative estimate of drug-likeness (QED) is 0.478. The fraction of sp³-hybridized carbons (Fsp3) is 0.562. The van der Waals surface area contributed by atoms with Crippen molar-refractivity contribution < 1.29 is 14.6 Å². The van der Waals surface area contributed by atoms with Gasteiger partial charge in [-0.3, -0.25) is 4.79 Å². The Bertz CT molecular complexity index is 447. The van der Waals surface area contributed by atoms with Crippen molar-refractivity contribution in [3.8, 4) is 5.75 Å². The molecule has 0 spiro atoms. The fourth-order valence-electron chi connectivity index (χ4n) is 1.79. The van der Waals surface area contributed by atoms with Crippen molar-refractivity contribution in [3.63, 3.8) is 0 Å². The summed E-state index contributed by atoms with van der Waals surface area (Å²) in [5.41, 5.74) is 7.58. The van der Waals surface area contributed by atoms with Crippen molar-refractivity contribution >= 4 is 11.6 Å². The van der Waals surface area contributed by atoms with Gasteiger partial charge in [0, 0.05) is 19.6 Å². The highest BCUT2D eigenvalue weighted by Gasteiger charge is 2.06. The number of aliphatic hydroxyl groups is 1. The number of hydrogen-bond donors (Lipinski definition) is 3. The lowest BCUT2D eigenvalue weighted by atomic mass is 10.1. The van der Waals surface area contributed by atoms with Gasteiger partial charge in [0.1, 0.15) is 5.75 Å². The molecule has 1 amide bonds. The number of anilines is 1. The molecule has 0 aromatic heterocycles. The van der Waals surface area contributed by atoms with E-state index in [1.807, 2.05) is 18.2 Å². The zero-order chi connectivity index (χ0) is 15.7. The number of benzene rings is 1. The van der Waals surface area contributed by atoms with Crippen LogP contribution in [0.5, 0.6) is 5.75 Å². The van der Waals surface area contributed by atoms with E-state index in [0.717, 1.165) is 5.56 Å². The van der Waals surface area contributed by atoms with Crippen LogP contribution in [0.4, 0.5) is 5.69 Å². The largest absolute Gasteiger partial charge is 0.491 e. The van der Waals surface area contributed by atoms with Crippen LogP contribution in [-0.4, -0.2) is 30.8 Å². The lowest BCUT2D eigenvalue weighted by Crippen LogP contribution is -2.25. The molecule has 1 rings (SSSR count). The van der Waals surface area contributed by atoms with Gasteiger partial charge in [-0.2, -0.15) is 0 Å². The molecule has 0 aliphatic rings. The molecule has 0 bridgehead atoms. The first kappa shape index (κ1) is 17.3. The number of amides is 1. The molecule has 118 valence electrons. The number of hydrogen-bond acceptors (Lipinski definition) is 4. The van der Waals surface area contributed by atoms with Crippen molar-refractivity contribution in [3.05, 3.63) is 23.8 Å². The smallest absolute Gasteiger partial charge is 0.220 e. The number of nitrogens with one attached hydrogen (secondary N) is 1. The van der Waals surface area contributed by atoms with E-state index in [-0.39, 0.29) is 12.5 Å². The van der Waals surface area contributed by atoms with Gasteiger partial charge >= 0.3 is 0 Å². The Morgan fingerprint density at radius 1 is 1.43 bits per heavy atom. The number of nitrogens with two attached hydrogens (primary N) is 1. The second kappa shape index (κ2) is 9.23. The Morgan fingerprint density at radius 2 is 2.19 bits per heavy atom. The van der Waals surface area contributed by atoms with Gasteiger partial charge in [-0.05, 0) is 36.5 Å². The van der Waals surface area contributed by atoms with Gasteiger partial charge in [-0.1, -0.05) is 19.9 Å². The van der Waals surface area contributed by atoms with Crippen LogP contribution in [0.15, 0.2) is 18.2 Å². The predicted octanol–water partition coefficient (Wildman–Crippen LogP) is 1.73. The maximum atomic E-state index is 11.6. The Balaban J connectivity index is 2.42. The summed E-state index contributed by atoms with van der Waals surface area (Å²) in [6.45, 7) is 5.41. The molecule has 21 heavy (non-hydrogen) atoms. The van der Waals surface area contributed by atoms with Crippen LogP contribution >= 0.6 is 0 Å². The summed E-state index contributed by atoms with van der Waals surface area (Å²) < 4.78 is 5.62. The maximum absolute atomic E-state index is 11.6. The zero-order valence-electron chi connectivity index (χ0n) is 12.9. The molecule has 0 atom stereocenters. The molecule has 0 aliphatic heterocycles. The number of carbonyl (C=O) groups excluding carboxylic acids is 1. The van der Waals surface area contributed by atoms with Gasteiger partial charge in [0.15, 0.2) is 0 Å². The highest BCUT2D eigenvalue weighted by atomic mass is 16.5. The molecule has 5 nitrogen and oxygen atoms in total. The van der Waals surface area contributed by atoms with E-state index in [9.17, 15) is 4.79 Å². The first-order chi connectivity index (χ1) is 10.0. The summed E-state index contributed by atoms with van der Waals surface area (Å²) >= 11 is 0. The summed E-state index contributed by atoms with van der Waals surface area (Å²) in [7, 11) is 0. The Kier molecular flexibility index (Phi) is 7.61. The van der Waals surface area contributed by atoms with Crippen molar-refractivity contribution in [1.29, 1.82) is 0 Å². The van der Waals surface area contributed by atoms with E-state index in [0.29, 0.717) is 49.8 Å². The van der Waals surface area contributed by atoms with E-state index < -0.39 is 0 Å². The Labute approximate surface area is 126 Å². The first-order valence-corrected chi connectivity index (χ1v) is 7.41. The predicted molar refractivity (Wildman–Crippen MR) is 84.2 cm³/mol. The lowest BCUT2D eigenvalue weighted by molar-refractivity contribution is -0.121. The van der Waals surface area contributed by atoms with Crippen LogP contribution in [0.3, 0.4) is 0 Å². The molecule has 0 aliphatic carbocycles. The molecule has 0 saturated heterocycles. The third kappa shape index (κ3) is 6.99. The Morgan fingerprint density at radius 3 is 2.81 bits per heavy atom. The number of ether oxygens (including phenoxy) is 1. The molecule has 5 heteroatoms. The molecule has 0 fully saturated rings. The molecular weight excluding hydrogens is 268 g/mol. The SMILES string of the molecule is CC(C)COc1ccc(CCC(=O)NCCCO)cc1N. The molecular formula is C16H26N2O3. The Hall–Kier alpha value is -1.75. The van der Waals surface area contributed by atoms with E-state index in [4.69, 9.17) is 15.6 Å². The normalized spacial score (nSPS) is 10.7. The van der Waals surface area contributed by atoms with Crippen molar-refractivity contribution in [2.45, 2.75) is 33.1 Å². The summed E-state index contributed by atoms with van der Waals surface area (Å²) in [4.78, 5) is 11.6. The number of rotatable bonds is 9. The van der Waals surface area contributed by atoms with Gasteiger partial charge in [0.2, 0.25) is 5.91 Å².